The minimum absolute atomic E-state index is 0.191. The first-order valence-electron chi connectivity index (χ1n) is 9.18. The van der Waals surface area contributed by atoms with Crippen LogP contribution >= 0.6 is 0 Å². The molecular formula is C17H25N7O3S. The zero-order valence-corrected chi connectivity index (χ0v) is 16.8. The number of rotatable bonds is 7. The van der Waals surface area contributed by atoms with Crippen molar-refractivity contribution in [1.29, 1.82) is 0 Å². The molecule has 11 heteroatoms. The summed E-state index contributed by atoms with van der Waals surface area (Å²) in [6.45, 7) is 6.87. The summed E-state index contributed by atoms with van der Waals surface area (Å²) in [5.74, 6) is 0.444. The van der Waals surface area contributed by atoms with Gasteiger partial charge >= 0.3 is 0 Å². The SMILES string of the molecule is CC(C)S(=O)(=O)N1CCN(CCNC(=O)c2ccc(-n3cnnc3)nc2)CC1. The molecule has 28 heavy (non-hydrogen) atoms. The Labute approximate surface area is 164 Å². The van der Waals surface area contributed by atoms with E-state index in [0.29, 0.717) is 50.6 Å². The first-order valence-corrected chi connectivity index (χ1v) is 10.7. The van der Waals surface area contributed by atoms with Gasteiger partial charge in [-0.05, 0) is 26.0 Å². The molecule has 1 N–H and O–H groups in total. The molecule has 1 amide bonds. The highest BCUT2D eigenvalue weighted by Gasteiger charge is 2.29. The fourth-order valence-electron chi connectivity index (χ4n) is 2.93. The minimum Gasteiger partial charge on any atom is -0.351 e. The quantitative estimate of drug-likeness (QED) is 0.673. The topological polar surface area (TPSA) is 113 Å². The fourth-order valence-corrected chi connectivity index (χ4v) is 4.20. The number of piperazine rings is 1. The normalized spacial score (nSPS) is 16.4. The molecule has 1 saturated heterocycles. The van der Waals surface area contributed by atoms with Crippen LogP contribution in [0.3, 0.4) is 0 Å². The van der Waals surface area contributed by atoms with E-state index in [2.05, 4.69) is 25.4 Å². The van der Waals surface area contributed by atoms with Gasteiger partial charge in [0.15, 0.2) is 0 Å². The predicted molar refractivity (Wildman–Crippen MR) is 104 cm³/mol. The summed E-state index contributed by atoms with van der Waals surface area (Å²) in [4.78, 5) is 18.6. The van der Waals surface area contributed by atoms with Gasteiger partial charge in [0.2, 0.25) is 10.0 Å². The zero-order chi connectivity index (χ0) is 20.1. The number of aromatic nitrogens is 4. The summed E-state index contributed by atoms with van der Waals surface area (Å²) in [5, 5.41) is 9.92. The van der Waals surface area contributed by atoms with Crippen LogP contribution in [0.5, 0.6) is 0 Å². The lowest BCUT2D eigenvalue weighted by molar-refractivity contribution is 0.0944. The highest BCUT2D eigenvalue weighted by atomic mass is 32.2. The Kier molecular flexibility index (Phi) is 6.37. The second kappa shape index (κ2) is 8.76. The third-order valence-electron chi connectivity index (χ3n) is 4.69. The average molecular weight is 408 g/mol. The Bertz CT molecular complexity index is 874. The summed E-state index contributed by atoms with van der Waals surface area (Å²) in [7, 11) is -3.19. The number of pyridine rings is 1. The number of carbonyl (C=O) groups is 1. The predicted octanol–water partition coefficient (Wildman–Crippen LogP) is -0.252. The monoisotopic (exact) mass is 407 g/mol. The highest BCUT2D eigenvalue weighted by molar-refractivity contribution is 7.89. The van der Waals surface area contributed by atoms with E-state index in [9.17, 15) is 13.2 Å². The maximum absolute atomic E-state index is 12.3. The molecule has 1 fully saturated rings. The molecule has 0 saturated carbocycles. The second-order valence-corrected chi connectivity index (χ2v) is 9.35. The second-order valence-electron chi connectivity index (χ2n) is 6.86. The van der Waals surface area contributed by atoms with Crippen LogP contribution in [0, 0.1) is 0 Å². The average Bonchev–Trinajstić information content (AvgIpc) is 3.23. The van der Waals surface area contributed by atoms with Crippen molar-refractivity contribution in [2.45, 2.75) is 19.1 Å². The molecule has 0 aliphatic carbocycles. The number of hydrogen-bond acceptors (Lipinski definition) is 7. The van der Waals surface area contributed by atoms with Crippen molar-refractivity contribution in [2.75, 3.05) is 39.3 Å². The molecule has 2 aromatic rings. The lowest BCUT2D eigenvalue weighted by Gasteiger charge is -2.34. The molecule has 3 rings (SSSR count). The van der Waals surface area contributed by atoms with Crippen LogP contribution in [0.2, 0.25) is 0 Å². The van der Waals surface area contributed by atoms with E-state index in [1.807, 2.05) is 0 Å². The van der Waals surface area contributed by atoms with Gasteiger partial charge in [0, 0.05) is 45.5 Å². The van der Waals surface area contributed by atoms with Crippen molar-refractivity contribution in [3.8, 4) is 5.82 Å². The van der Waals surface area contributed by atoms with Crippen LogP contribution in [-0.2, 0) is 10.0 Å². The summed E-state index contributed by atoms with van der Waals surface area (Å²) in [6, 6.07) is 3.43. The van der Waals surface area contributed by atoms with Crippen molar-refractivity contribution in [2.24, 2.45) is 0 Å². The first kappa shape index (κ1) is 20.4. The molecule has 0 bridgehead atoms. The van der Waals surface area contributed by atoms with Gasteiger partial charge in [-0.2, -0.15) is 4.31 Å². The number of carbonyl (C=O) groups excluding carboxylic acids is 1. The van der Waals surface area contributed by atoms with E-state index >= 15 is 0 Å². The van der Waals surface area contributed by atoms with Crippen molar-refractivity contribution < 1.29 is 13.2 Å². The van der Waals surface area contributed by atoms with Gasteiger partial charge in [0.25, 0.3) is 5.91 Å². The van der Waals surface area contributed by atoms with E-state index in [1.165, 1.54) is 18.9 Å². The van der Waals surface area contributed by atoms with Crippen LogP contribution in [0.15, 0.2) is 31.0 Å². The number of hydrogen-bond donors (Lipinski definition) is 1. The van der Waals surface area contributed by atoms with Crippen LogP contribution in [0.4, 0.5) is 0 Å². The Hall–Kier alpha value is -2.37. The number of sulfonamides is 1. The van der Waals surface area contributed by atoms with Gasteiger partial charge in [-0.15, -0.1) is 10.2 Å². The van der Waals surface area contributed by atoms with Crippen LogP contribution in [0.25, 0.3) is 5.82 Å². The van der Waals surface area contributed by atoms with Crippen molar-refractivity contribution >= 4 is 15.9 Å². The van der Waals surface area contributed by atoms with Crippen molar-refractivity contribution in [1.82, 2.24) is 34.3 Å². The van der Waals surface area contributed by atoms with Gasteiger partial charge in [0.05, 0.1) is 10.8 Å². The van der Waals surface area contributed by atoms with E-state index < -0.39 is 15.3 Å². The molecule has 0 unspecified atom stereocenters. The lowest BCUT2D eigenvalue weighted by atomic mass is 10.2. The van der Waals surface area contributed by atoms with E-state index in [1.54, 1.807) is 34.9 Å². The Balaban J connectivity index is 1.42. The fraction of sp³-hybridized carbons (Fsp3) is 0.529. The van der Waals surface area contributed by atoms with Crippen LogP contribution in [-0.4, -0.2) is 87.8 Å². The molecule has 0 spiro atoms. The van der Waals surface area contributed by atoms with E-state index in [0.717, 1.165) is 0 Å². The standard InChI is InChI=1S/C17H25N7O3S/c1-14(2)28(26,27)24-9-7-22(8-10-24)6-5-18-17(25)15-3-4-16(19-11-15)23-12-20-21-13-23/h3-4,11-14H,5-10H2,1-2H3,(H,18,25). The van der Waals surface area contributed by atoms with Gasteiger partial charge in [0.1, 0.15) is 18.5 Å². The van der Waals surface area contributed by atoms with E-state index in [-0.39, 0.29) is 5.91 Å². The van der Waals surface area contributed by atoms with Gasteiger partial charge in [-0.1, -0.05) is 0 Å². The molecule has 1 aliphatic heterocycles. The first-order chi connectivity index (χ1) is 13.4. The van der Waals surface area contributed by atoms with Gasteiger partial charge < -0.3 is 5.32 Å². The van der Waals surface area contributed by atoms with Gasteiger partial charge in [-0.25, -0.2) is 13.4 Å². The molecule has 0 atom stereocenters. The van der Waals surface area contributed by atoms with Gasteiger partial charge in [-0.3, -0.25) is 14.3 Å². The highest BCUT2D eigenvalue weighted by Crippen LogP contribution is 2.12. The third kappa shape index (κ3) is 4.72. The Morgan fingerprint density at radius 1 is 1.14 bits per heavy atom. The number of amides is 1. The molecule has 3 heterocycles. The summed E-state index contributed by atoms with van der Waals surface area (Å²) < 4.78 is 27.6. The largest absolute Gasteiger partial charge is 0.351 e. The molecule has 2 aromatic heterocycles. The maximum atomic E-state index is 12.3. The Morgan fingerprint density at radius 3 is 2.39 bits per heavy atom. The Morgan fingerprint density at radius 2 is 1.82 bits per heavy atom. The number of nitrogens with one attached hydrogen (secondary N) is 1. The summed E-state index contributed by atoms with van der Waals surface area (Å²) in [6.07, 6.45) is 4.59. The molecule has 10 nitrogen and oxygen atoms in total. The molecular weight excluding hydrogens is 382 g/mol. The van der Waals surface area contributed by atoms with Crippen molar-refractivity contribution in [3.05, 3.63) is 36.5 Å². The molecule has 152 valence electrons. The van der Waals surface area contributed by atoms with Crippen LogP contribution < -0.4 is 5.32 Å². The van der Waals surface area contributed by atoms with E-state index in [4.69, 9.17) is 0 Å². The maximum Gasteiger partial charge on any atom is 0.252 e. The smallest absolute Gasteiger partial charge is 0.252 e. The molecule has 0 radical (unpaired) electrons. The third-order valence-corrected chi connectivity index (χ3v) is 6.97. The molecule has 1 aliphatic rings. The van der Waals surface area contributed by atoms with Crippen molar-refractivity contribution in [3.63, 3.8) is 0 Å². The molecule has 0 aromatic carbocycles. The minimum atomic E-state index is -3.19. The summed E-state index contributed by atoms with van der Waals surface area (Å²) >= 11 is 0. The van der Waals surface area contributed by atoms with Crippen LogP contribution in [0.1, 0.15) is 24.2 Å². The lowest BCUT2D eigenvalue weighted by Crippen LogP contribution is -2.51. The zero-order valence-electron chi connectivity index (χ0n) is 16.0. The summed E-state index contributed by atoms with van der Waals surface area (Å²) in [5.41, 5.74) is 0.477. The number of nitrogens with zero attached hydrogens (tertiary/aromatic N) is 6.